The zero-order valence-electron chi connectivity index (χ0n) is 17.0. The topological polar surface area (TPSA) is 58.6 Å². The van der Waals surface area contributed by atoms with Gasteiger partial charge in [0.05, 0.1) is 6.61 Å². The number of nitrogens with zero attached hydrogens (tertiary/aromatic N) is 1. The van der Waals surface area contributed by atoms with Crippen molar-refractivity contribution in [1.29, 1.82) is 0 Å². The Labute approximate surface area is 162 Å². The molecule has 2 fully saturated rings. The molecule has 1 heterocycles. The predicted molar refractivity (Wildman–Crippen MR) is 105 cm³/mol. The summed E-state index contributed by atoms with van der Waals surface area (Å²) in [6.07, 6.45) is 4.46. The fourth-order valence-corrected chi connectivity index (χ4v) is 4.14. The molecule has 0 aromatic heterocycles. The Morgan fingerprint density at radius 1 is 1.33 bits per heavy atom. The van der Waals surface area contributed by atoms with E-state index in [1.165, 1.54) is 0 Å². The molecular weight excluding hydrogens is 340 g/mol. The van der Waals surface area contributed by atoms with Crippen LogP contribution in [0.5, 0.6) is 0 Å². The zero-order chi connectivity index (χ0) is 19.6. The van der Waals surface area contributed by atoms with E-state index in [2.05, 4.69) is 12.2 Å². The molecule has 5 heteroatoms. The molecule has 0 bridgehead atoms. The van der Waals surface area contributed by atoms with Gasteiger partial charge in [0, 0.05) is 11.6 Å². The highest BCUT2D eigenvalue weighted by atomic mass is 16.5. The molecule has 27 heavy (non-hydrogen) atoms. The zero-order valence-corrected chi connectivity index (χ0v) is 17.0. The van der Waals surface area contributed by atoms with Crippen LogP contribution in [0, 0.1) is 12.8 Å². The molecule has 1 saturated carbocycles. The van der Waals surface area contributed by atoms with Gasteiger partial charge >= 0.3 is 0 Å². The average Bonchev–Trinajstić information content (AvgIpc) is 3.02. The minimum atomic E-state index is -0.648. The first kappa shape index (κ1) is 19.9. The van der Waals surface area contributed by atoms with Crippen molar-refractivity contribution in [2.24, 2.45) is 5.92 Å². The van der Waals surface area contributed by atoms with E-state index in [4.69, 9.17) is 4.74 Å². The summed E-state index contributed by atoms with van der Waals surface area (Å²) in [5.41, 5.74) is 1.01. The average molecular weight is 373 g/mol. The number of carbonyl (C=O) groups excluding carboxylic acids is 2. The number of aryl methyl sites for hydroxylation is 1. The number of nitrogens with one attached hydrogen (secondary N) is 1. The van der Waals surface area contributed by atoms with Gasteiger partial charge in [0.2, 0.25) is 5.91 Å². The molecule has 2 amide bonds. The van der Waals surface area contributed by atoms with Crippen LogP contribution in [0.3, 0.4) is 0 Å². The first-order chi connectivity index (χ1) is 12.9. The monoisotopic (exact) mass is 372 g/mol. The van der Waals surface area contributed by atoms with E-state index in [0.29, 0.717) is 11.5 Å². The third-order valence-corrected chi connectivity index (χ3v) is 6.10. The molecule has 1 spiro atoms. The largest absolute Gasteiger partial charge is 0.353 e. The molecule has 148 valence electrons. The van der Waals surface area contributed by atoms with Gasteiger partial charge < -0.3 is 10.1 Å². The van der Waals surface area contributed by atoms with Gasteiger partial charge in [0.25, 0.3) is 5.91 Å². The smallest absolute Gasteiger partial charge is 0.256 e. The van der Waals surface area contributed by atoms with Gasteiger partial charge in [-0.3, -0.25) is 14.5 Å². The van der Waals surface area contributed by atoms with Gasteiger partial charge in [-0.05, 0) is 64.0 Å². The van der Waals surface area contributed by atoms with E-state index in [1.807, 2.05) is 45.0 Å². The molecule has 2 atom stereocenters. The van der Waals surface area contributed by atoms with Crippen LogP contribution in [0.2, 0.25) is 0 Å². The van der Waals surface area contributed by atoms with E-state index < -0.39 is 11.8 Å². The number of ether oxygens (including phenoxy) is 1. The number of hydrogen-bond acceptors (Lipinski definition) is 3. The summed E-state index contributed by atoms with van der Waals surface area (Å²) in [6.45, 7) is 8.51. The summed E-state index contributed by atoms with van der Waals surface area (Å²) in [4.78, 5) is 28.2. The molecule has 5 nitrogen and oxygen atoms in total. The van der Waals surface area contributed by atoms with Gasteiger partial charge in [-0.25, -0.2) is 0 Å². The minimum absolute atomic E-state index is 0.0800. The highest BCUT2D eigenvalue weighted by Crippen LogP contribution is 2.43. The van der Waals surface area contributed by atoms with Crippen LogP contribution in [-0.4, -0.2) is 41.1 Å². The van der Waals surface area contributed by atoms with Crippen molar-refractivity contribution in [3.8, 4) is 0 Å². The number of rotatable bonds is 4. The van der Waals surface area contributed by atoms with Crippen molar-refractivity contribution in [2.75, 3.05) is 6.61 Å². The Bertz CT molecular complexity index is 695. The predicted octanol–water partition coefficient (Wildman–Crippen LogP) is 3.66. The minimum Gasteiger partial charge on any atom is -0.353 e. The van der Waals surface area contributed by atoms with E-state index >= 15 is 0 Å². The lowest BCUT2D eigenvalue weighted by atomic mass is 9.83. The maximum Gasteiger partial charge on any atom is 0.256 e. The molecule has 1 aliphatic carbocycles. The maximum atomic E-state index is 13.5. The summed E-state index contributed by atoms with van der Waals surface area (Å²) >= 11 is 0. The number of benzene rings is 1. The van der Waals surface area contributed by atoms with E-state index in [1.54, 1.807) is 4.90 Å². The normalized spacial score (nSPS) is 29.0. The van der Waals surface area contributed by atoms with Gasteiger partial charge in [0.1, 0.15) is 11.8 Å². The van der Waals surface area contributed by atoms with E-state index in [-0.39, 0.29) is 24.5 Å². The molecule has 1 N–H and O–H groups in total. The van der Waals surface area contributed by atoms with Crippen LogP contribution in [0.4, 0.5) is 0 Å². The molecule has 1 aliphatic heterocycles. The Kier molecular flexibility index (Phi) is 5.89. The molecule has 1 aromatic carbocycles. The summed E-state index contributed by atoms with van der Waals surface area (Å²) < 4.78 is 6.21. The van der Waals surface area contributed by atoms with Crippen LogP contribution in [0.15, 0.2) is 24.3 Å². The van der Waals surface area contributed by atoms with Crippen LogP contribution in [0.25, 0.3) is 0 Å². The van der Waals surface area contributed by atoms with Crippen molar-refractivity contribution < 1.29 is 14.3 Å². The first-order valence-corrected chi connectivity index (χ1v) is 10.2. The van der Waals surface area contributed by atoms with Crippen LogP contribution in [0.1, 0.15) is 68.8 Å². The lowest BCUT2D eigenvalue weighted by Gasteiger charge is -2.43. The Balaban J connectivity index is 1.92. The first-order valence-electron chi connectivity index (χ1n) is 10.2. The fraction of sp³-hybridized carbons (Fsp3) is 0.636. The van der Waals surface area contributed by atoms with Crippen molar-refractivity contribution >= 4 is 11.8 Å². The third kappa shape index (κ3) is 4.03. The third-order valence-electron chi connectivity index (χ3n) is 6.10. The van der Waals surface area contributed by atoms with Crippen molar-refractivity contribution in [1.82, 2.24) is 10.2 Å². The molecule has 1 aromatic rings. The van der Waals surface area contributed by atoms with E-state index in [9.17, 15) is 9.59 Å². The maximum absolute atomic E-state index is 13.5. The Morgan fingerprint density at radius 3 is 2.67 bits per heavy atom. The Morgan fingerprint density at radius 2 is 2.04 bits per heavy atom. The number of amides is 2. The lowest BCUT2D eigenvalue weighted by Crippen LogP contribution is -2.57. The van der Waals surface area contributed by atoms with Crippen LogP contribution >= 0.6 is 0 Å². The summed E-state index contributed by atoms with van der Waals surface area (Å²) in [6, 6.07) is 7.10. The SMILES string of the molecule is CC[C@@H](C)NC(=O)[C@@H]1COC2(CCC(C)CC2)N1C(=O)c1cccc(C)c1. The quantitative estimate of drug-likeness (QED) is 0.877. The van der Waals surface area contributed by atoms with Crippen LogP contribution < -0.4 is 5.32 Å². The molecular formula is C22H32N2O3. The fourth-order valence-electron chi connectivity index (χ4n) is 4.14. The summed E-state index contributed by atoms with van der Waals surface area (Å²) in [7, 11) is 0. The molecule has 2 aliphatic rings. The standard InChI is InChI=1S/C22H32N2O3/c1-5-17(4)23-20(25)19-14-27-22(11-9-15(2)10-12-22)24(19)21(26)18-8-6-7-16(3)13-18/h6-8,13,15,17,19H,5,9-12,14H2,1-4H3,(H,23,25)/t15?,17-,19+,22?/m1/s1. The van der Waals surface area contributed by atoms with Gasteiger partial charge in [-0.2, -0.15) is 0 Å². The highest BCUT2D eigenvalue weighted by Gasteiger charge is 2.53. The molecule has 0 unspecified atom stereocenters. The second-order valence-corrected chi connectivity index (χ2v) is 8.32. The number of hydrogen-bond donors (Lipinski definition) is 1. The highest BCUT2D eigenvalue weighted by molar-refractivity contribution is 5.98. The van der Waals surface area contributed by atoms with Gasteiger partial charge in [0.15, 0.2) is 0 Å². The van der Waals surface area contributed by atoms with Gasteiger partial charge in [-0.15, -0.1) is 0 Å². The van der Waals surface area contributed by atoms with Crippen molar-refractivity contribution in [3.63, 3.8) is 0 Å². The number of carbonyl (C=O) groups is 2. The second-order valence-electron chi connectivity index (χ2n) is 8.32. The van der Waals surface area contributed by atoms with E-state index in [0.717, 1.165) is 37.7 Å². The van der Waals surface area contributed by atoms with Crippen LogP contribution in [-0.2, 0) is 9.53 Å². The van der Waals surface area contributed by atoms with Gasteiger partial charge in [-0.1, -0.05) is 31.5 Å². The molecule has 0 radical (unpaired) electrons. The molecule has 3 rings (SSSR count). The Hall–Kier alpha value is -1.88. The summed E-state index contributed by atoms with van der Waals surface area (Å²) in [5.74, 6) is 0.416. The van der Waals surface area contributed by atoms with Crippen molar-refractivity contribution in [2.45, 2.75) is 77.6 Å². The lowest BCUT2D eigenvalue weighted by molar-refractivity contribution is -0.128. The summed E-state index contributed by atoms with van der Waals surface area (Å²) in [5, 5.41) is 3.04. The second kappa shape index (κ2) is 8.01. The van der Waals surface area contributed by atoms with Crippen molar-refractivity contribution in [3.05, 3.63) is 35.4 Å². The molecule has 1 saturated heterocycles.